The SMILES string of the molecule is CCCCNC(=NCc1ccc(C)cc1)NCCCCn1ccnc1C.I. The predicted octanol–water partition coefficient (Wildman–Crippen LogP) is 4.43. The van der Waals surface area contributed by atoms with Crippen LogP contribution in [0.3, 0.4) is 0 Å². The number of aliphatic imine (C=N–C) groups is 1. The van der Waals surface area contributed by atoms with Crippen LogP contribution >= 0.6 is 24.0 Å². The molecular weight excluding hydrogens is 449 g/mol. The van der Waals surface area contributed by atoms with E-state index < -0.39 is 0 Å². The van der Waals surface area contributed by atoms with Gasteiger partial charge in [-0.3, -0.25) is 0 Å². The lowest BCUT2D eigenvalue weighted by Gasteiger charge is -2.13. The Hall–Kier alpha value is -1.57. The number of hydrogen-bond donors (Lipinski definition) is 2. The molecule has 1 aromatic carbocycles. The van der Waals surface area contributed by atoms with Gasteiger partial charge in [0.2, 0.25) is 0 Å². The Labute approximate surface area is 181 Å². The van der Waals surface area contributed by atoms with Gasteiger partial charge < -0.3 is 15.2 Å². The minimum absolute atomic E-state index is 0. The molecule has 1 aromatic heterocycles. The van der Waals surface area contributed by atoms with Crippen molar-refractivity contribution in [2.45, 2.75) is 59.5 Å². The summed E-state index contributed by atoms with van der Waals surface area (Å²) in [5.41, 5.74) is 2.52. The molecule has 2 rings (SSSR count). The van der Waals surface area contributed by atoms with Crippen LogP contribution in [-0.2, 0) is 13.1 Å². The molecule has 0 saturated heterocycles. The molecule has 0 bridgehead atoms. The monoisotopic (exact) mass is 483 g/mol. The third kappa shape index (κ3) is 9.26. The molecular formula is C21H34IN5. The molecule has 0 aliphatic carbocycles. The molecule has 1 heterocycles. The standard InChI is InChI=1S/C21H33N5.HI/c1-4-5-12-23-21(25-17-20-10-8-18(2)9-11-20)24-13-6-7-15-26-16-14-22-19(26)3;/h8-11,14,16H,4-7,12-13,15,17H2,1-3H3,(H2,23,24,25);1H. The van der Waals surface area contributed by atoms with Crippen molar-refractivity contribution >= 4 is 29.9 Å². The van der Waals surface area contributed by atoms with E-state index in [2.05, 4.69) is 58.3 Å². The van der Waals surface area contributed by atoms with E-state index in [1.165, 1.54) is 17.5 Å². The van der Waals surface area contributed by atoms with Crippen LogP contribution in [0.25, 0.3) is 0 Å². The summed E-state index contributed by atoms with van der Waals surface area (Å²) in [6.07, 6.45) is 8.49. The van der Waals surface area contributed by atoms with Crippen molar-refractivity contribution in [3.8, 4) is 0 Å². The predicted molar refractivity (Wildman–Crippen MR) is 125 cm³/mol. The van der Waals surface area contributed by atoms with Gasteiger partial charge in [0.05, 0.1) is 6.54 Å². The van der Waals surface area contributed by atoms with Crippen LogP contribution in [-0.4, -0.2) is 28.6 Å². The minimum atomic E-state index is 0. The number of aromatic nitrogens is 2. The third-order valence-electron chi connectivity index (χ3n) is 4.41. The van der Waals surface area contributed by atoms with Gasteiger partial charge in [-0.05, 0) is 38.7 Å². The maximum absolute atomic E-state index is 4.74. The molecule has 0 aliphatic heterocycles. The van der Waals surface area contributed by atoms with Crippen LogP contribution in [0, 0.1) is 13.8 Å². The fourth-order valence-corrected chi connectivity index (χ4v) is 2.68. The lowest BCUT2D eigenvalue weighted by atomic mass is 10.1. The van der Waals surface area contributed by atoms with E-state index >= 15 is 0 Å². The minimum Gasteiger partial charge on any atom is -0.356 e. The highest BCUT2D eigenvalue weighted by molar-refractivity contribution is 14.0. The zero-order valence-electron chi connectivity index (χ0n) is 16.9. The Morgan fingerprint density at radius 1 is 1.04 bits per heavy atom. The van der Waals surface area contributed by atoms with Gasteiger partial charge in [-0.25, -0.2) is 9.98 Å². The number of nitrogens with zero attached hydrogens (tertiary/aromatic N) is 3. The highest BCUT2D eigenvalue weighted by Gasteiger charge is 2.00. The van der Waals surface area contributed by atoms with Gasteiger partial charge >= 0.3 is 0 Å². The summed E-state index contributed by atoms with van der Waals surface area (Å²) in [7, 11) is 0. The van der Waals surface area contributed by atoms with Crippen LogP contribution < -0.4 is 10.6 Å². The molecule has 0 atom stereocenters. The molecule has 0 amide bonds. The number of benzene rings is 1. The second kappa shape index (κ2) is 13.6. The van der Waals surface area contributed by atoms with E-state index in [1.807, 2.05) is 19.3 Å². The molecule has 5 nitrogen and oxygen atoms in total. The van der Waals surface area contributed by atoms with Crippen LogP contribution in [0.1, 0.15) is 49.6 Å². The maximum atomic E-state index is 4.74. The van der Waals surface area contributed by atoms with Crippen LogP contribution in [0.4, 0.5) is 0 Å². The first kappa shape index (κ1) is 23.5. The van der Waals surface area contributed by atoms with Crippen LogP contribution in [0.2, 0.25) is 0 Å². The van der Waals surface area contributed by atoms with Gasteiger partial charge in [-0.1, -0.05) is 43.2 Å². The number of guanidine groups is 1. The zero-order chi connectivity index (χ0) is 18.6. The highest BCUT2D eigenvalue weighted by atomic mass is 127. The molecule has 6 heteroatoms. The van der Waals surface area contributed by atoms with Gasteiger partial charge in [0, 0.05) is 32.0 Å². The Morgan fingerprint density at radius 3 is 2.37 bits per heavy atom. The molecule has 0 fully saturated rings. The number of unbranched alkanes of at least 4 members (excludes halogenated alkanes) is 2. The number of halogens is 1. The Bertz CT molecular complexity index is 663. The van der Waals surface area contributed by atoms with Gasteiger partial charge in [-0.2, -0.15) is 0 Å². The van der Waals surface area contributed by atoms with Crippen molar-refractivity contribution in [1.82, 2.24) is 20.2 Å². The van der Waals surface area contributed by atoms with Crippen molar-refractivity contribution in [2.24, 2.45) is 4.99 Å². The van der Waals surface area contributed by atoms with E-state index in [4.69, 9.17) is 4.99 Å². The second-order valence-electron chi connectivity index (χ2n) is 6.73. The highest BCUT2D eigenvalue weighted by Crippen LogP contribution is 2.04. The molecule has 2 N–H and O–H groups in total. The maximum Gasteiger partial charge on any atom is 0.191 e. The second-order valence-corrected chi connectivity index (χ2v) is 6.73. The number of imidazole rings is 1. The fraction of sp³-hybridized carbons (Fsp3) is 0.524. The van der Waals surface area contributed by atoms with Crippen LogP contribution in [0.5, 0.6) is 0 Å². The molecule has 0 saturated carbocycles. The summed E-state index contributed by atoms with van der Waals surface area (Å²) >= 11 is 0. The van der Waals surface area contributed by atoms with E-state index in [9.17, 15) is 0 Å². The first-order chi connectivity index (χ1) is 12.7. The third-order valence-corrected chi connectivity index (χ3v) is 4.41. The summed E-state index contributed by atoms with van der Waals surface area (Å²) in [4.78, 5) is 9.00. The quantitative estimate of drug-likeness (QED) is 0.228. The van der Waals surface area contributed by atoms with E-state index in [-0.39, 0.29) is 24.0 Å². The van der Waals surface area contributed by atoms with Gasteiger partial charge in [-0.15, -0.1) is 24.0 Å². The first-order valence-electron chi connectivity index (χ1n) is 9.74. The Morgan fingerprint density at radius 2 is 1.74 bits per heavy atom. The summed E-state index contributed by atoms with van der Waals surface area (Å²) in [6, 6.07) is 8.58. The summed E-state index contributed by atoms with van der Waals surface area (Å²) in [5.74, 6) is 2.00. The molecule has 0 spiro atoms. The van der Waals surface area contributed by atoms with Gasteiger partial charge in [0.25, 0.3) is 0 Å². The lowest BCUT2D eigenvalue weighted by Crippen LogP contribution is -2.38. The molecule has 0 unspecified atom stereocenters. The van der Waals surface area contributed by atoms with Gasteiger partial charge in [0.1, 0.15) is 5.82 Å². The summed E-state index contributed by atoms with van der Waals surface area (Å²) in [6.45, 7) is 9.98. The summed E-state index contributed by atoms with van der Waals surface area (Å²) in [5, 5.41) is 6.91. The van der Waals surface area contributed by atoms with Gasteiger partial charge in [0.15, 0.2) is 5.96 Å². The average Bonchev–Trinajstić information content (AvgIpc) is 3.05. The van der Waals surface area contributed by atoms with E-state index in [1.54, 1.807) is 0 Å². The number of aryl methyl sites for hydroxylation is 3. The van der Waals surface area contributed by atoms with Crippen molar-refractivity contribution in [3.63, 3.8) is 0 Å². The van der Waals surface area contributed by atoms with E-state index in [0.717, 1.165) is 50.7 Å². The number of rotatable bonds is 10. The van der Waals surface area contributed by atoms with Crippen molar-refractivity contribution < 1.29 is 0 Å². The molecule has 0 aliphatic rings. The molecule has 0 radical (unpaired) electrons. The Kier molecular flexibility index (Phi) is 11.8. The normalized spacial score (nSPS) is 11.1. The number of hydrogen-bond acceptors (Lipinski definition) is 2. The van der Waals surface area contributed by atoms with Crippen LogP contribution in [0.15, 0.2) is 41.7 Å². The Balaban J connectivity index is 0.00000364. The fourth-order valence-electron chi connectivity index (χ4n) is 2.68. The summed E-state index contributed by atoms with van der Waals surface area (Å²) < 4.78 is 2.20. The molecule has 27 heavy (non-hydrogen) atoms. The number of nitrogens with one attached hydrogen (secondary N) is 2. The smallest absolute Gasteiger partial charge is 0.191 e. The largest absolute Gasteiger partial charge is 0.356 e. The first-order valence-corrected chi connectivity index (χ1v) is 9.74. The average molecular weight is 483 g/mol. The van der Waals surface area contributed by atoms with Crippen molar-refractivity contribution in [2.75, 3.05) is 13.1 Å². The topological polar surface area (TPSA) is 54.2 Å². The van der Waals surface area contributed by atoms with Crippen molar-refractivity contribution in [3.05, 3.63) is 53.6 Å². The zero-order valence-corrected chi connectivity index (χ0v) is 19.2. The molecule has 2 aromatic rings. The lowest BCUT2D eigenvalue weighted by molar-refractivity contribution is 0.587. The molecule has 150 valence electrons. The van der Waals surface area contributed by atoms with E-state index in [0.29, 0.717) is 6.54 Å². The van der Waals surface area contributed by atoms with Crippen molar-refractivity contribution in [1.29, 1.82) is 0 Å².